The van der Waals surface area contributed by atoms with Crippen molar-refractivity contribution in [2.45, 2.75) is 19.4 Å². The van der Waals surface area contributed by atoms with Gasteiger partial charge in [0.25, 0.3) is 0 Å². The zero-order valence-electron chi connectivity index (χ0n) is 16.0. The Morgan fingerprint density at radius 1 is 1.14 bits per heavy atom. The van der Waals surface area contributed by atoms with Crippen molar-refractivity contribution in [1.82, 2.24) is 0 Å². The summed E-state index contributed by atoms with van der Waals surface area (Å²) >= 11 is 0. The average Bonchev–Trinajstić information content (AvgIpc) is 3.16. The first-order valence-electron chi connectivity index (χ1n) is 9.07. The van der Waals surface area contributed by atoms with Crippen LogP contribution in [0.15, 0.2) is 54.8 Å². The van der Waals surface area contributed by atoms with Crippen molar-refractivity contribution in [3.63, 3.8) is 0 Å². The van der Waals surface area contributed by atoms with Crippen molar-refractivity contribution in [2.75, 3.05) is 25.7 Å². The van der Waals surface area contributed by atoms with Gasteiger partial charge in [-0.1, -0.05) is 30.3 Å². The highest BCUT2D eigenvalue weighted by Crippen LogP contribution is 2.27. The lowest BCUT2D eigenvalue weighted by Crippen LogP contribution is -2.23. The molecule has 0 spiro atoms. The van der Waals surface area contributed by atoms with Gasteiger partial charge in [-0.15, -0.1) is 0 Å². The van der Waals surface area contributed by atoms with E-state index in [9.17, 15) is 9.59 Å². The molecule has 6 heteroatoms. The number of rotatable bonds is 7. The summed E-state index contributed by atoms with van der Waals surface area (Å²) in [5.41, 5.74) is 2.66. The van der Waals surface area contributed by atoms with Gasteiger partial charge >= 0.3 is 5.97 Å². The molecule has 1 fully saturated rings. The topological polar surface area (TPSA) is 65.1 Å². The molecule has 1 aliphatic rings. The van der Waals surface area contributed by atoms with E-state index in [1.165, 1.54) is 20.5 Å². The van der Waals surface area contributed by atoms with Crippen LogP contribution in [-0.2, 0) is 25.7 Å². The van der Waals surface area contributed by atoms with Crippen LogP contribution in [0.1, 0.15) is 24.0 Å². The number of hydrogen-bond donors (Lipinski definition) is 0. The highest BCUT2D eigenvalue weighted by atomic mass is 16.5. The Kier molecular flexibility index (Phi) is 6.32. The van der Waals surface area contributed by atoms with Crippen molar-refractivity contribution >= 4 is 23.1 Å². The molecular formula is C22H23NO5. The van der Waals surface area contributed by atoms with Gasteiger partial charge in [-0.05, 0) is 29.7 Å². The van der Waals surface area contributed by atoms with Gasteiger partial charge in [0.05, 0.1) is 20.5 Å². The highest BCUT2D eigenvalue weighted by Gasteiger charge is 2.22. The molecule has 0 N–H and O–H groups in total. The first-order valence-corrected chi connectivity index (χ1v) is 9.07. The van der Waals surface area contributed by atoms with Crippen LogP contribution in [0.3, 0.4) is 0 Å². The van der Waals surface area contributed by atoms with Crippen LogP contribution in [0.2, 0.25) is 0 Å². The normalized spacial score (nSPS) is 14.1. The largest absolute Gasteiger partial charge is 0.503 e. The SMILES string of the molecule is COC=C(C(=O)OC)c1ccccc1COc1cccc(N2CCCC2=O)c1. The maximum atomic E-state index is 12.1. The second-order valence-electron chi connectivity index (χ2n) is 6.35. The fraction of sp³-hybridized carbons (Fsp3) is 0.273. The van der Waals surface area contributed by atoms with E-state index in [-0.39, 0.29) is 12.5 Å². The summed E-state index contributed by atoms with van der Waals surface area (Å²) in [6, 6.07) is 14.9. The number of methoxy groups -OCH3 is 2. The third-order valence-electron chi connectivity index (χ3n) is 4.55. The quantitative estimate of drug-likeness (QED) is 0.417. The molecule has 146 valence electrons. The second-order valence-corrected chi connectivity index (χ2v) is 6.35. The maximum Gasteiger partial charge on any atom is 0.341 e. The lowest BCUT2D eigenvalue weighted by molar-refractivity contribution is -0.133. The number of anilines is 1. The van der Waals surface area contributed by atoms with Gasteiger partial charge in [-0.25, -0.2) is 4.79 Å². The van der Waals surface area contributed by atoms with E-state index < -0.39 is 5.97 Å². The lowest BCUT2D eigenvalue weighted by Gasteiger charge is -2.17. The molecule has 0 radical (unpaired) electrons. The van der Waals surface area contributed by atoms with Crippen molar-refractivity contribution in [2.24, 2.45) is 0 Å². The molecule has 2 aromatic carbocycles. The predicted octanol–water partition coefficient (Wildman–Crippen LogP) is 3.55. The summed E-state index contributed by atoms with van der Waals surface area (Å²) in [7, 11) is 2.81. The summed E-state index contributed by atoms with van der Waals surface area (Å²) in [5.74, 6) is 0.307. The summed E-state index contributed by atoms with van der Waals surface area (Å²) in [6.45, 7) is 0.987. The number of ether oxygens (including phenoxy) is 3. The summed E-state index contributed by atoms with van der Waals surface area (Å²) in [4.78, 5) is 25.8. The molecule has 28 heavy (non-hydrogen) atoms. The van der Waals surface area contributed by atoms with Gasteiger partial charge in [0, 0.05) is 24.7 Å². The molecule has 6 nitrogen and oxygen atoms in total. The summed E-state index contributed by atoms with van der Waals surface area (Å²) in [5, 5.41) is 0. The molecule has 1 amide bonds. The molecule has 1 heterocycles. The minimum atomic E-state index is -0.483. The Balaban J connectivity index is 1.79. The third-order valence-corrected chi connectivity index (χ3v) is 4.55. The van der Waals surface area contributed by atoms with Gasteiger partial charge < -0.3 is 19.1 Å². The molecule has 1 saturated heterocycles. The number of amides is 1. The van der Waals surface area contributed by atoms with E-state index in [0.29, 0.717) is 23.3 Å². The van der Waals surface area contributed by atoms with Crippen molar-refractivity contribution in [1.29, 1.82) is 0 Å². The predicted molar refractivity (Wildman–Crippen MR) is 106 cm³/mol. The van der Waals surface area contributed by atoms with E-state index in [1.54, 1.807) is 4.90 Å². The number of esters is 1. The van der Waals surface area contributed by atoms with E-state index in [0.717, 1.165) is 24.2 Å². The Hall–Kier alpha value is -3.28. The van der Waals surface area contributed by atoms with Crippen molar-refractivity contribution in [3.8, 4) is 5.75 Å². The first-order chi connectivity index (χ1) is 13.6. The molecule has 0 aliphatic carbocycles. The van der Waals surface area contributed by atoms with E-state index in [1.807, 2.05) is 48.5 Å². The van der Waals surface area contributed by atoms with Crippen LogP contribution in [0, 0.1) is 0 Å². The minimum absolute atomic E-state index is 0.134. The minimum Gasteiger partial charge on any atom is -0.503 e. The molecular weight excluding hydrogens is 358 g/mol. The monoisotopic (exact) mass is 381 g/mol. The Bertz CT molecular complexity index is 890. The maximum absolute atomic E-state index is 12.1. The Labute approximate surface area is 164 Å². The first kappa shape index (κ1) is 19.5. The molecule has 3 rings (SSSR count). The highest BCUT2D eigenvalue weighted by molar-refractivity contribution is 6.16. The van der Waals surface area contributed by atoms with Gasteiger partial charge in [0.2, 0.25) is 5.91 Å². The molecule has 0 unspecified atom stereocenters. The molecule has 0 bridgehead atoms. The third kappa shape index (κ3) is 4.34. The number of nitrogens with zero attached hydrogens (tertiary/aromatic N) is 1. The zero-order chi connectivity index (χ0) is 19.9. The van der Waals surface area contributed by atoms with E-state index >= 15 is 0 Å². The number of carbonyl (C=O) groups is 2. The molecule has 2 aromatic rings. The zero-order valence-corrected chi connectivity index (χ0v) is 16.0. The molecule has 0 atom stereocenters. The Morgan fingerprint density at radius 2 is 1.96 bits per heavy atom. The van der Waals surface area contributed by atoms with Crippen LogP contribution >= 0.6 is 0 Å². The van der Waals surface area contributed by atoms with Crippen LogP contribution in [0.25, 0.3) is 5.57 Å². The second kappa shape index (κ2) is 9.08. The number of benzene rings is 2. The smallest absolute Gasteiger partial charge is 0.341 e. The van der Waals surface area contributed by atoms with Gasteiger partial charge in [-0.3, -0.25) is 4.79 Å². The van der Waals surface area contributed by atoms with Crippen LogP contribution in [0.4, 0.5) is 5.69 Å². The Morgan fingerprint density at radius 3 is 2.68 bits per heavy atom. The number of hydrogen-bond acceptors (Lipinski definition) is 5. The average molecular weight is 381 g/mol. The van der Waals surface area contributed by atoms with Gasteiger partial charge in [0.1, 0.15) is 17.9 Å². The number of carbonyl (C=O) groups excluding carboxylic acids is 2. The van der Waals surface area contributed by atoms with E-state index in [4.69, 9.17) is 14.2 Å². The van der Waals surface area contributed by atoms with Crippen LogP contribution in [-0.4, -0.2) is 32.6 Å². The van der Waals surface area contributed by atoms with E-state index in [2.05, 4.69) is 0 Å². The summed E-state index contributed by atoms with van der Waals surface area (Å²) < 4.78 is 15.8. The van der Waals surface area contributed by atoms with Crippen molar-refractivity contribution < 1.29 is 23.8 Å². The van der Waals surface area contributed by atoms with Crippen LogP contribution < -0.4 is 9.64 Å². The fourth-order valence-electron chi connectivity index (χ4n) is 3.18. The van der Waals surface area contributed by atoms with Crippen molar-refractivity contribution in [3.05, 3.63) is 65.9 Å². The van der Waals surface area contributed by atoms with Gasteiger partial charge in [0.15, 0.2) is 0 Å². The molecule has 1 aliphatic heterocycles. The standard InChI is InChI=1S/C22H23NO5/c1-26-15-20(22(25)27-2)19-10-4-3-7-16(19)14-28-18-9-5-8-17(13-18)23-12-6-11-21(23)24/h3-5,7-10,13,15H,6,11-12,14H2,1-2H3. The molecule has 0 aromatic heterocycles. The van der Waals surface area contributed by atoms with Crippen LogP contribution in [0.5, 0.6) is 5.75 Å². The fourth-order valence-corrected chi connectivity index (χ4v) is 3.18. The summed E-state index contributed by atoms with van der Waals surface area (Å²) in [6.07, 6.45) is 2.82. The van der Waals surface area contributed by atoms with Gasteiger partial charge in [-0.2, -0.15) is 0 Å². The molecule has 0 saturated carbocycles. The lowest BCUT2D eigenvalue weighted by atomic mass is 10.0.